The van der Waals surface area contributed by atoms with Gasteiger partial charge in [-0.15, -0.1) is 0 Å². The molecule has 2 N–H and O–H groups in total. The first kappa shape index (κ1) is 24.3. The van der Waals surface area contributed by atoms with E-state index in [0.29, 0.717) is 11.6 Å². The second-order valence-corrected chi connectivity index (χ2v) is 8.88. The first-order valence-electron chi connectivity index (χ1n) is 11.8. The van der Waals surface area contributed by atoms with Crippen LogP contribution in [-0.4, -0.2) is 33.0 Å². The standard InChI is InChI=1S/C28H23F2N5O2/c29-24-7-3-19(12-25(24)30)16-35-17-31-15-23(28(35)37)27(36)32-9-1-2-18-4-8-26-21(10-18)11-20(14-34-26)13-33-22-5-6-22/h3-4,7-8,10-12,14-15,17,22,33H,5-6,9,13,16H2,(H,32,36). The van der Waals surface area contributed by atoms with E-state index in [-0.39, 0.29) is 18.7 Å². The molecule has 1 aliphatic carbocycles. The molecular weight excluding hydrogens is 476 g/mol. The summed E-state index contributed by atoms with van der Waals surface area (Å²) in [5.41, 5.74) is 2.37. The summed E-state index contributed by atoms with van der Waals surface area (Å²) < 4.78 is 27.8. The normalized spacial score (nSPS) is 12.7. The number of aromatic nitrogens is 3. The third-order valence-electron chi connectivity index (χ3n) is 5.96. The van der Waals surface area contributed by atoms with E-state index in [1.165, 1.54) is 31.4 Å². The van der Waals surface area contributed by atoms with Gasteiger partial charge in [0.15, 0.2) is 11.6 Å². The lowest BCUT2D eigenvalue weighted by atomic mass is 10.1. The van der Waals surface area contributed by atoms with Crippen molar-refractivity contribution in [3.63, 3.8) is 0 Å². The fraction of sp³-hybridized carbons (Fsp3) is 0.214. The van der Waals surface area contributed by atoms with Crippen molar-refractivity contribution in [3.05, 3.63) is 105 Å². The van der Waals surface area contributed by atoms with Gasteiger partial charge in [0.05, 0.1) is 24.9 Å². The molecule has 0 saturated heterocycles. The fourth-order valence-corrected chi connectivity index (χ4v) is 3.82. The number of amides is 1. The average Bonchev–Trinajstić information content (AvgIpc) is 3.73. The van der Waals surface area contributed by atoms with Gasteiger partial charge in [-0.2, -0.15) is 0 Å². The van der Waals surface area contributed by atoms with Crippen LogP contribution in [0.5, 0.6) is 0 Å². The molecule has 2 aromatic carbocycles. The van der Waals surface area contributed by atoms with Gasteiger partial charge in [-0.3, -0.25) is 19.1 Å². The monoisotopic (exact) mass is 499 g/mol. The van der Waals surface area contributed by atoms with E-state index < -0.39 is 23.1 Å². The lowest BCUT2D eigenvalue weighted by Crippen LogP contribution is -2.33. The number of hydrogen-bond acceptors (Lipinski definition) is 5. The Bertz CT molecular complexity index is 1600. The third kappa shape index (κ3) is 6.05. The smallest absolute Gasteiger partial charge is 0.266 e. The molecule has 1 fully saturated rings. The van der Waals surface area contributed by atoms with Gasteiger partial charge in [0.2, 0.25) is 0 Å². The summed E-state index contributed by atoms with van der Waals surface area (Å²) >= 11 is 0. The molecule has 2 aromatic heterocycles. The van der Waals surface area contributed by atoms with Crippen molar-refractivity contribution in [2.75, 3.05) is 6.54 Å². The predicted molar refractivity (Wildman–Crippen MR) is 135 cm³/mol. The number of nitrogens with zero attached hydrogens (tertiary/aromatic N) is 3. The molecule has 1 aliphatic rings. The quantitative estimate of drug-likeness (QED) is 0.382. The van der Waals surface area contributed by atoms with Gasteiger partial charge in [0.1, 0.15) is 5.56 Å². The largest absolute Gasteiger partial charge is 0.341 e. The van der Waals surface area contributed by atoms with E-state index in [0.717, 1.165) is 45.3 Å². The molecule has 9 heteroatoms. The summed E-state index contributed by atoms with van der Waals surface area (Å²) in [4.78, 5) is 33.7. The number of rotatable bonds is 7. The Morgan fingerprint density at radius 2 is 1.92 bits per heavy atom. The molecule has 1 amide bonds. The Labute approximate surface area is 211 Å². The fourth-order valence-electron chi connectivity index (χ4n) is 3.82. The average molecular weight is 500 g/mol. The van der Waals surface area contributed by atoms with Crippen LogP contribution < -0.4 is 16.2 Å². The highest BCUT2D eigenvalue weighted by molar-refractivity contribution is 5.93. The van der Waals surface area contributed by atoms with Crippen molar-refractivity contribution in [2.24, 2.45) is 0 Å². The van der Waals surface area contributed by atoms with Crippen LogP contribution in [0.1, 0.15) is 39.9 Å². The van der Waals surface area contributed by atoms with Crippen molar-refractivity contribution in [1.29, 1.82) is 0 Å². The topological polar surface area (TPSA) is 88.9 Å². The molecule has 0 bridgehead atoms. The molecule has 0 aliphatic heterocycles. The number of halogens is 2. The van der Waals surface area contributed by atoms with Gasteiger partial charge in [-0.25, -0.2) is 13.8 Å². The van der Waals surface area contributed by atoms with Crippen molar-refractivity contribution in [1.82, 2.24) is 25.2 Å². The van der Waals surface area contributed by atoms with Gasteiger partial charge in [-0.05, 0) is 60.4 Å². The van der Waals surface area contributed by atoms with Crippen LogP contribution in [0, 0.1) is 23.5 Å². The molecular formula is C28H23F2N5O2. The molecule has 2 heterocycles. The number of hydrogen-bond donors (Lipinski definition) is 2. The van der Waals surface area contributed by atoms with Gasteiger partial charge in [0, 0.05) is 35.9 Å². The summed E-state index contributed by atoms with van der Waals surface area (Å²) in [6.45, 7) is 0.753. The summed E-state index contributed by atoms with van der Waals surface area (Å²) in [5, 5.41) is 7.07. The minimum atomic E-state index is -1.01. The number of carbonyl (C=O) groups excluding carboxylic acids is 1. The molecule has 7 nitrogen and oxygen atoms in total. The molecule has 4 aromatic rings. The molecule has 186 valence electrons. The summed E-state index contributed by atoms with van der Waals surface area (Å²) in [5.74, 6) is 3.30. The van der Waals surface area contributed by atoms with Crippen molar-refractivity contribution >= 4 is 16.8 Å². The van der Waals surface area contributed by atoms with Crippen molar-refractivity contribution in [2.45, 2.75) is 32.0 Å². The third-order valence-corrected chi connectivity index (χ3v) is 5.96. The summed E-state index contributed by atoms with van der Waals surface area (Å²) in [6, 6.07) is 11.8. The van der Waals surface area contributed by atoms with E-state index >= 15 is 0 Å². The minimum absolute atomic E-state index is 0.0258. The molecule has 37 heavy (non-hydrogen) atoms. The summed E-state index contributed by atoms with van der Waals surface area (Å²) in [6.07, 6.45) is 6.74. The zero-order valence-corrected chi connectivity index (χ0v) is 19.8. The Morgan fingerprint density at radius 1 is 1.05 bits per heavy atom. The molecule has 5 rings (SSSR count). The Morgan fingerprint density at radius 3 is 2.73 bits per heavy atom. The zero-order chi connectivity index (χ0) is 25.8. The number of nitrogens with one attached hydrogen (secondary N) is 2. The Kier molecular flexibility index (Phi) is 7.01. The number of carbonyl (C=O) groups is 1. The molecule has 0 radical (unpaired) electrons. The number of benzene rings is 2. The number of fused-ring (bicyclic) bond motifs is 1. The maximum Gasteiger partial charge on any atom is 0.266 e. The molecule has 0 atom stereocenters. The number of pyridine rings is 1. The minimum Gasteiger partial charge on any atom is -0.341 e. The van der Waals surface area contributed by atoms with Crippen molar-refractivity contribution in [3.8, 4) is 11.8 Å². The van der Waals surface area contributed by atoms with Crippen LogP contribution in [-0.2, 0) is 13.1 Å². The maximum atomic E-state index is 13.5. The van der Waals surface area contributed by atoms with E-state index in [1.54, 1.807) is 0 Å². The Hall–Kier alpha value is -4.42. The second kappa shape index (κ2) is 10.7. The molecule has 1 saturated carbocycles. The van der Waals surface area contributed by atoms with E-state index in [9.17, 15) is 18.4 Å². The van der Waals surface area contributed by atoms with E-state index in [4.69, 9.17) is 0 Å². The predicted octanol–water partition coefficient (Wildman–Crippen LogP) is 3.15. The first-order chi connectivity index (χ1) is 18.0. The van der Waals surface area contributed by atoms with E-state index in [1.807, 2.05) is 24.4 Å². The highest BCUT2D eigenvalue weighted by Crippen LogP contribution is 2.20. The van der Waals surface area contributed by atoms with Crippen LogP contribution >= 0.6 is 0 Å². The maximum absolute atomic E-state index is 13.5. The SMILES string of the molecule is O=C(NCC#Cc1ccc2ncc(CNC3CC3)cc2c1)c1cncn(Cc2ccc(F)c(F)c2)c1=O. The second-order valence-electron chi connectivity index (χ2n) is 8.88. The van der Waals surface area contributed by atoms with Crippen LogP contribution in [0.3, 0.4) is 0 Å². The zero-order valence-electron chi connectivity index (χ0n) is 19.8. The van der Waals surface area contributed by atoms with E-state index in [2.05, 4.69) is 38.5 Å². The lowest BCUT2D eigenvalue weighted by molar-refractivity contribution is 0.0956. The van der Waals surface area contributed by atoms with Crippen LogP contribution in [0.4, 0.5) is 8.78 Å². The first-order valence-corrected chi connectivity index (χ1v) is 11.8. The highest BCUT2D eigenvalue weighted by atomic mass is 19.2. The summed E-state index contributed by atoms with van der Waals surface area (Å²) in [7, 11) is 0. The Balaban J connectivity index is 1.22. The van der Waals surface area contributed by atoms with Gasteiger partial charge >= 0.3 is 0 Å². The van der Waals surface area contributed by atoms with Crippen LogP contribution in [0.2, 0.25) is 0 Å². The van der Waals surface area contributed by atoms with Gasteiger partial charge < -0.3 is 10.6 Å². The van der Waals surface area contributed by atoms with Crippen molar-refractivity contribution < 1.29 is 13.6 Å². The van der Waals surface area contributed by atoms with Gasteiger partial charge in [-0.1, -0.05) is 17.9 Å². The lowest BCUT2D eigenvalue weighted by Gasteiger charge is -2.08. The van der Waals surface area contributed by atoms with Crippen LogP contribution in [0.15, 0.2) is 66.0 Å². The highest BCUT2D eigenvalue weighted by Gasteiger charge is 2.20. The molecule has 0 unspecified atom stereocenters. The molecule has 0 spiro atoms. The van der Waals surface area contributed by atoms with Crippen LogP contribution in [0.25, 0.3) is 10.9 Å². The van der Waals surface area contributed by atoms with Gasteiger partial charge in [0.25, 0.3) is 11.5 Å².